The summed E-state index contributed by atoms with van der Waals surface area (Å²) in [4.78, 5) is 26.1. The lowest BCUT2D eigenvalue weighted by atomic mass is 10.0. The lowest BCUT2D eigenvalue weighted by Crippen LogP contribution is -2.46. The fourth-order valence-corrected chi connectivity index (χ4v) is 3.06. The minimum Gasteiger partial charge on any atom is -0.372 e. The molecule has 0 aliphatic carbocycles. The molecule has 1 aromatic rings. The van der Waals surface area contributed by atoms with Crippen molar-refractivity contribution in [2.75, 3.05) is 23.3 Å². The molecule has 2 amide bonds. The van der Waals surface area contributed by atoms with E-state index in [1.165, 1.54) is 38.3 Å². The van der Waals surface area contributed by atoms with Gasteiger partial charge in [-0.25, -0.2) is 0 Å². The molecular formula is C19H29N3O2. The van der Waals surface area contributed by atoms with Gasteiger partial charge < -0.3 is 15.5 Å². The molecule has 5 nitrogen and oxygen atoms in total. The predicted molar refractivity (Wildman–Crippen MR) is 98.2 cm³/mol. The monoisotopic (exact) mass is 331 g/mol. The van der Waals surface area contributed by atoms with Gasteiger partial charge in [-0.3, -0.25) is 9.59 Å². The number of anilines is 2. The molecule has 5 heteroatoms. The molecule has 1 saturated heterocycles. The maximum Gasteiger partial charge on any atom is 0.247 e. The Morgan fingerprint density at radius 2 is 1.58 bits per heavy atom. The van der Waals surface area contributed by atoms with Gasteiger partial charge >= 0.3 is 0 Å². The summed E-state index contributed by atoms with van der Waals surface area (Å²) in [6, 6.07) is 7.47. The number of nitrogens with one attached hydrogen (secondary N) is 2. The first-order chi connectivity index (χ1) is 11.5. The highest BCUT2D eigenvalue weighted by Crippen LogP contribution is 2.21. The molecule has 1 heterocycles. The molecule has 2 rings (SSSR count). The molecule has 0 aromatic heterocycles. The van der Waals surface area contributed by atoms with E-state index in [4.69, 9.17) is 0 Å². The Hall–Kier alpha value is -2.04. The Labute approximate surface area is 144 Å². The Morgan fingerprint density at radius 3 is 2.08 bits per heavy atom. The molecule has 0 unspecified atom stereocenters. The van der Waals surface area contributed by atoms with Crippen molar-refractivity contribution in [1.82, 2.24) is 5.32 Å². The Balaban J connectivity index is 1.99. The van der Waals surface area contributed by atoms with Crippen LogP contribution in [0.4, 0.5) is 11.4 Å². The van der Waals surface area contributed by atoms with Crippen molar-refractivity contribution in [3.63, 3.8) is 0 Å². The number of amides is 2. The molecular weight excluding hydrogens is 302 g/mol. The molecule has 132 valence electrons. The van der Waals surface area contributed by atoms with Gasteiger partial charge in [0.05, 0.1) is 0 Å². The highest BCUT2D eigenvalue weighted by atomic mass is 16.2. The second-order valence-corrected chi connectivity index (χ2v) is 6.86. The quantitative estimate of drug-likeness (QED) is 0.871. The molecule has 0 spiro atoms. The van der Waals surface area contributed by atoms with Gasteiger partial charge in [-0.05, 0) is 43.0 Å². The zero-order chi connectivity index (χ0) is 17.5. The van der Waals surface area contributed by atoms with E-state index in [1.54, 1.807) is 0 Å². The fraction of sp³-hybridized carbons (Fsp3) is 0.579. The molecule has 1 aliphatic heterocycles. The van der Waals surface area contributed by atoms with Gasteiger partial charge in [-0.2, -0.15) is 0 Å². The summed E-state index contributed by atoms with van der Waals surface area (Å²) in [5, 5.41) is 5.61. The van der Waals surface area contributed by atoms with Crippen LogP contribution in [0.5, 0.6) is 0 Å². The summed E-state index contributed by atoms with van der Waals surface area (Å²) >= 11 is 0. The van der Waals surface area contributed by atoms with Gasteiger partial charge in [0.25, 0.3) is 0 Å². The van der Waals surface area contributed by atoms with E-state index in [9.17, 15) is 9.59 Å². The SMILES string of the molecule is CC(=O)N[C@@H](C(=O)Nc1ccc(N2CCCCCC2)cc1)C(C)C. The zero-order valence-corrected chi connectivity index (χ0v) is 15.0. The van der Waals surface area contributed by atoms with Crippen molar-refractivity contribution in [1.29, 1.82) is 0 Å². The van der Waals surface area contributed by atoms with Crippen LogP contribution in [0.2, 0.25) is 0 Å². The Bertz CT molecular complexity index is 546. The van der Waals surface area contributed by atoms with Crippen molar-refractivity contribution in [2.24, 2.45) is 5.92 Å². The predicted octanol–water partition coefficient (Wildman–Crippen LogP) is 3.17. The summed E-state index contributed by atoms with van der Waals surface area (Å²) in [5.41, 5.74) is 1.96. The van der Waals surface area contributed by atoms with Gasteiger partial charge in [0, 0.05) is 31.4 Å². The maximum absolute atomic E-state index is 12.4. The topological polar surface area (TPSA) is 61.4 Å². The van der Waals surface area contributed by atoms with Gasteiger partial charge in [-0.1, -0.05) is 26.7 Å². The summed E-state index contributed by atoms with van der Waals surface area (Å²) in [7, 11) is 0. The molecule has 0 radical (unpaired) electrons. The van der Waals surface area contributed by atoms with E-state index in [2.05, 4.69) is 27.7 Å². The van der Waals surface area contributed by atoms with E-state index in [0.717, 1.165) is 18.8 Å². The number of nitrogens with zero attached hydrogens (tertiary/aromatic N) is 1. The number of hydrogen-bond donors (Lipinski definition) is 2. The second-order valence-electron chi connectivity index (χ2n) is 6.86. The second kappa shape index (κ2) is 8.71. The van der Waals surface area contributed by atoms with Crippen LogP contribution >= 0.6 is 0 Å². The Kier molecular flexibility index (Phi) is 6.64. The van der Waals surface area contributed by atoms with Crippen LogP contribution in [-0.2, 0) is 9.59 Å². The van der Waals surface area contributed by atoms with Gasteiger partial charge in [0.1, 0.15) is 6.04 Å². The molecule has 24 heavy (non-hydrogen) atoms. The smallest absolute Gasteiger partial charge is 0.247 e. The fourth-order valence-electron chi connectivity index (χ4n) is 3.06. The van der Waals surface area contributed by atoms with E-state index in [-0.39, 0.29) is 17.7 Å². The molecule has 0 bridgehead atoms. The van der Waals surface area contributed by atoms with Crippen molar-refractivity contribution >= 4 is 23.2 Å². The van der Waals surface area contributed by atoms with E-state index < -0.39 is 6.04 Å². The van der Waals surface area contributed by atoms with E-state index in [0.29, 0.717) is 0 Å². The lowest BCUT2D eigenvalue weighted by Gasteiger charge is -2.23. The number of rotatable bonds is 5. The first kappa shape index (κ1) is 18.3. The summed E-state index contributed by atoms with van der Waals surface area (Å²) < 4.78 is 0. The third kappa shape index (κ3) is 5.25. The molecule has 1 aliphatic rings. The van der Waals surface area contributed by atoms with Gasteiger partial charge in [0.15, 0.2) is 0 Å². The van der Waals surface area contributed by atoms with Crippen LogP contribution < -0.4 is 15.5 Å². The van der Waals surface area contributed by atoms with Crippen molar-refractivity contribution in [3.8, 4) is 0 Å². The largest absolute Gasteiger partial charge is 0.372 e. The minimum atomic E-state index is -0.521. The van der Waals surface area contributed by atoms with Crippen molar-refractivity contribution in [2.45, 2.75) is 52.5 Å². The standard InChI is InChI=1S/C19H29N3O2/c1-14(2)18(20-15(3)23)19(24)21-16-8-10-17(11-9-16)22-12-6-4-5-7-13-22/h8-11,14,18H,4-7,12-13H2,1-3H3,(H,20,23)(H,21,24)/t18-/m1/s1. The molecule has 2 N–H and O–H groups in total. The van der Waals surface area contributed by atoms with Crippen LogP contribution in [0.3, 0.4) is 0 Å². The average Bonchev–Trinajstić information content (AvgIpc) is 2.82. The van der Waals surface area contributed by atoms with Crippen LogP contribution in [0.25, 0.3) is 0 Å². The summed E-state index contributed by atoms with van der Waals surface area (Å²) in [6.45, 7) is 7.47. The van der Waals surface area contributed by atoms with E-state index >= 15 is 0 Å². The van der Waals surface area contributed by atoms with Crippen LogP contribution in [0.1, 0.15) is 46.5 Å². The third-order valence-electron chi connectivity index (χ3n) is 4.41. The minimum absolute atomic E-state index is 0.0327. The Morgan fingerprint density at radius 1 is 1.00 bits per heavy atom. The van der Waals surface area contributed by atoms with Gasteiger partial charge in [-0.15, -0.1) is 0 Å². The summed E-state index contributed by atoms with van der Waals surface area (Å²) in [6.07, 6.45) is 5.10. The normalized spacial score (nSPS) is 16.4. The average molecular weight is 331 g/mol. The first-order valence-electron chi connectivity index (χ1n) is 8.90. The van der Waals surface area contributed by atoms with Crippen LogP contribution in [-0.4, -0.2) is 30.9 Å². The van der Waals surface area contributed by atoms with Crippen LogP contribution in [0, 0.1) is 5.92 Å². The number of carbonyl (C=O) groups is 2. The van der Waals surface area contributed by atoms with Crippen LogP contribution in [0.15, 0.2) is 24.3 Å². The van der Waals surface area contributed by atoms with Gasteiger partial charge in [0.2, 0.25) is 11.8 Å². The van der Waals surface area contributed by atoms with Crippen molar-refractivity contribution < 1.29 is 9.59 Å². The third-order valence-corrected chi connectivity index (χ3v) is 4.41. The molecule has 1 atom stereocenters. The first-order valence-corrected chi connectivity index (χ1v) is 8.90. The number of hydrogen-bond acceptors (Lipinski definition) is 3. The van der Waals surface area contributed by atoms with E-state index in [1.807, 2.05) is 26.0 Å². The highest BCUT2D eigenvalue weighted by molar-refractivity contribution is 5.97. The van der Waals surface area contributed by atoms with Crippen molar-refractivity contribution in [3.05, 3.63) is 24.3 Å². The molecule has 1 fully saturated rings. The number of benzene rings is 1. The maximum atomic E-state index is 12.4. The number of carbonyl (C=O) groups excluding carboxylic acids is 2. The zero-order valence-electron chi connectivity index (χ0n) is 15.0. The highest BCUT2D eigenvalue weighted by Gasteiger charge is 2.23. The molecule has 0 saturated carbocycles. The lowest BCUT2D eigenvalue weighted by molar-refractivity contribution is -0.126. The molecule has 1 aromatic carbocycles. The summed E-state index contributed by atoms with van der Waals surface area (Å²) in [5.74, 6) is -0.339.